The molecule has 2 N–H and O–H groups in total. The molecule has 0 aliphatic heterocycles. The Bertz CT molecular complexity index is 951. The number of nitrogens with one attached hydrogen (secondary N) is 1. The summed E-state index contributed by atoms with van der Waals surface area (Å²) in [5.74, 6) is -0.811. The van der Waals surface area contributed by atoms with Crippen molar-refractivity contribution < 1.29 is 18.6 Å². The number of aromatic nitrogens is 5. The Balaban J connectivity index is 2.36. The molecule has 0 bridgehead atoms. The zero-order chi connectivity index (χ0) is 16.7. The second kappa shape index (κ2) is 5.30. The predicted molar refractivity (Wildman–Crippen MR) is 75.4 cm³/mol. The molecule has 0 radical (unpaired) electrons. The van der Waals surface area contributed by atoms with E-state index in [1.54, 1.807) is 0 Å². The molecule has 0 atom stereocenters. The Morgan fingerprint density at radius 3 is 2.70 bits per heavy atom. The molecule has 0 amide bonds. The van der Waals surface area contributed by atoms with Crippen LogP contribution in [0.2, 0.25) is 0 Å². The van der Waals surface area contributed by atoms with Gasteiger partial charge in [0.15, 0.2) is 11.4 Å². The predicted octanol–water partition coefficient (Wildman–Crippen LogP) is 1.33. The van der Waals surface area contributed by atoms with E-state index in [0.717, 1.165) is 4.68 Å². The third-order valence-corrected chi connectivity index (χ3v) is 3.24. The number of pyridine rings is 1. The zero-order valence-corrected chi connectivity index (χ0v) is 12.0. The number of H-pyrrole nitrogens is 1. The van der Waals surface area contributed by atoms with Gasteiger partial charge in [0.25, 0.3) is 5.56 Å². The summed E-state index contributed by atoms with van der Waals surface area (Å²) in [5, 5.41) is 14.3. The summed E-state index contributed by atoms with van der Waals surface area (Å²) in [7, 11) is 1.39. The summed E-state index contributed by atoms with van der Waals surface area (Å²) in [4.78, 5) is 22.6. The van der Waals surface area contributed by atoms with Crippen LogP contribution in [-0.4, -0.2) is 36.5 Å². The first-order chi connectivity index (χ1) is 10.9. The van der Waals surface area contributed by atoms with Crippen LogP contribution < -0.4 is 10.3 Å². The first kappa shape index (κ1) is 14.9. The summed E-state index contributed by atoms with van der Waals surface area (Å²) >= 11 is 0. The summed E-state index contributed by atoms with van der Waals surface area (Å²) in [6, 6.07) is 0. The Morgan fingerprint density at radius 1 is 1.30 bits per heavy atom. The molecule has 120 valence electrons. The summed E-state index contributed by atoms with van der Waals surface area (Å²) in [6.07, 6.45) is 2.68. The summed E-state index contributed by atoms with van der Waals surface area (Å²) in [6.45, 7) is -1.60. The van der Waals surface area contributed by atoms with Crippen molar-refractivity contribution >= 4 is 11.2 Å². The van der Waals surface area contributed by atoms with Gasteiger partial charge in [0.1, 0.15) is 5.52 Å². The van der Waals surface area contributed by atoms with E-state index in [9.17, 15) is 18.7 Å². The first-order valence-corrected chi connectivity index (χ1v) is 6.45. The topological polar surface area (TPSA) is 106 Å². The van der Waals surface area contributed by atoms with E-state index in [1.807, 2.05) is 0 Å². The van der Waals surface area contributed by atoms with Crippen LogP contribution in [0.25, 0.3) is 22.3 Å². The van der Waals surface area contributed by atoms with Crippen LogP contribution in [0.4, 0.5) is 8.78 Å². The quantitative estimate of drug-likeness (QED) is 0.753. The molecule has 3 aromatic rings. The lowest BCUT2D eigenvalue weighted by atomic mass is 10.1. The van der Waals surface area contributed by atoms with Gasteiger partial charge in [0.05, 0.1) is 16.8 Å². The van der Waals surface area contributed by atoms with Crippen LogP contribution in [0, 0.1) is 6.92 Å². The fourth-order valence-corrected chi connectivity index (χ4v) is 2.38. The maximum absolute atomic E-state index is 12.6. The molecule has 10 heteroatoms. The minimum atomic E-state index is -3.11. The Labute approximate surface area is 127 Å². The van der Waals surface area contributed by atoms with E-state index in [-0.39, 0.29) is 33.9 Å². The number of aromatic hydroxyl groups is 1. The van der Waals surface area contributed by atoms with E-state index in [1.165, 1.54) is 26.4 Å². The molecular weight excluding hydrogens is 312 g/mol. The summed E-state index contributed by atoms with van der Waals surface area (Å²) in [5.41, 5.74) is -0.638. The van der Waals surface area contributed by atoms with Crippen molar-refractivity contribution in [3.63, 3.8) is 0 Å². The van der Waals surface area contributed by atoms with Crippen LogP contribution in [0.5, 0.6) is 11.6 Å². The fourth-order valence-electron chi connectivity index (χ4n) is 2.38. The number of rotatable bonds is 3. The lowest BCUT2D eigenvalue weighted by Crippen LogP contribution is -2.13. The number of aryl methyl sites for hydroxylation is 2. The highest BCUT2D eigenvalue weighted by Crippen LogP contribution is 2.38. The minimum absolute atomic E-state index is 0.0286. The van der Waals surface area contributed by atoms with Gasteiger partial charge < -0.3 is 14.8 Å². The molecule has 0 unspecified atom stereocenters. The number of hydrogen-bond donors (Lipinski definition) is 2. The number of ether oxygens (including phenoxy) is 1. The lowest BCUT2D eigenvalue weighted by Gasteiger charge is -2.09. The number of halogens is 2. The molecule has 0 saturated heterocycles. The van der Waals surface area contributed by atoms with Crippen LogP contribution in [0.15, 0.2) is 17.2 Å². The van der Waals surface area contributed by atoms with Gasteiger partial charge in [-0.1, -0.05) is 0 Å². The van der Waals surface area contributed by atoms with Gasteiger partial charge in [0, 0.05) is 19.4 Å². The smallest absolute Gasteiger partial charge is 0.388 e. The Kier molecular flexibility index (Phi) is 3.43. The third-order valence-electron chi connectivity index (χ3n) is 3.24. The number of aromatic amines is 1. The maximum atomic E-state index is 12.6. The highest BCUT2D eigenvalue weighted by molar-refractivity contribution is 5.88. The Morgan fingerprint density at radius 2 is 2.00 bits per heavy atom. The van der Waals surface area contributed by atoms with E-state index >= 15 is 0 Å². The lowest BCUT2D eigenvalue weighted by molar-refractivity contribution is -0.0549. The largest absolute Gasteiger partial charge is 0.505 e. The van der Waals surface area contributed by atoms with Crippen molar-refractivity contribution in [2.75, 3.05) is 0 Å². The van der Waals surface area contributed by atoms with E-state index in [4.69, 9.17) is 0 Å². The molecule has 23 heavy (non-hydrogen) atoms. The average molecular weight is 323 g/mol. The molecule has 0 fully saturated rings. The van der Waals surface area contributed by atoms with Gasteiger partial charge in [-0.2, -0.15) is 13.9 Å². The summed E-state index contributed by atoms with van der Waals surface area (Å²) < 4.78 is 30.8. The average Bonchev–Trinajstić information content (AvgIpc) is 2.74. The number of nitrogens with zero attached hydrogens (tertiary/aromatic N) is 4. The number of alkyl halides is 2. The fraction of sp³-hybridized carbons (Fsp3) is 0.231. The highest BCUT2D eigenvalue weighted by Gasteiger charge is 2.26. The molecule has 0 aliphatic carbocycles. The van der Waals surface area contributed by atoms with E-state index in [0.29, 0.717) is 0 Å². The van der Waals surface area contributed by atoms with E-state index < -0.39 is 17.9 Å². The Hall–Kier alpha value is -3.04. The monoisotopic (exact) mass is 323 g/mol. The molecule has 3 heterocycles. The SMILES string of the molecule is Cc1nn(C)c(OC(F)F)c1-c1c(O)c2nccnc2[nH]c1=O. The third kappa shape index (κ3) is 2.37. The normalized spacial score (nSPS) is 11.3. The van der Waals surface area contributed by atoms with Crippen molar-refractivity contribution in [1.82, 2.24) is 24.7 Å². The molecule has 8 nitrogen and oxygen atoms in total. The van der Waals surface area contributed by atoms with Crippen LogP contribution in [-0.2, 0) is 7.05 Å². The van der Waals surface area contributed by atoms with Gasteiger partial charge in [-0.25, -0.2) is 14.6 Å². The molecule has 0 aliphatic rings. The molecule has 0 spiro atoms. The molecule has 3 rings (SSSR count). The van der Waals surface area contributed by atoms with Crippen LogP contribution in [0.3, 0.4) is 0 Å². The van der Waals surface area contributed by atoms with Crippen molar-refractivity contribution in [2.45, 2.75) is 13.5 Å². The standard InChI is InChI=1S/C13H11F2N5O3/c1-5-6(12(20(2)19-5)23-13(14)15)7-9(21)8-10(18-11(7)22)17-4-3-16-8/h3-4,13H,1-2H3,(H2,17,18,21,22). The van der Waals surface area contributed by atoms with Crippen LogP contribution >= 0.6 is 0 Å². The molecule has 3 aromatic heterocycles. The van der Waals surface area contributed by atoms with Gasteiger partial charge in [-0.3, -0.25) is 4.79 Å². The number of hydrogen-bond acceptors (Lipinski definition) is 6. The van der Waals surface area contributed by atoms with Crippen LogP contribution in [0.1, 0.15) is 5.69 Å². The minimum Gasteiger partial charge on any atom is -0.505 e. The van der Waals surface area contributed by atoms with Gasteiger partial charge in [0.2, 0.25) is 5.88 Å². The zero-order valence-electron chi connectivity index (χ0n) is 12.0. The number of fused-ring (bicyclic) bond motifs is 1. The van der Waals surface area contributed by atoms with Gasteiger partial charge in [-0.15, -0.1) is 0 Å². The van der Waals surface area contributed by atoms with E-state index in [2.05, 4.69) is 24.8 Å². The molecule has 0 saturated carbocycles. The van der Waals surface area contributed by atoms with Gasteiger partial charge in [-0.05, 0) is 6.92 Å². The highest BCUT2D eigenvalue weighted by atomic mass is 19.3. The van der Waals surface area contributed by atoms with Crippen molar-refractivity contribution in [3.05, 3.63) is 28.4 Å². The first-order valence-electron chi connectivity index (χ1n) is 6.45. The van der Waals surface area contributed by atoms with Crippen molar-refractivity contribution in [2.24, 2.45) is 7.05 Å². The second-order valence-electron chi connectivity index (χ2n) is 4.70. The maximum Gasteiger partial charge on any atom is 0.388 e. The van der Waals surface area contributed by atoms with Crippen molar-refractivity contribution in [3.8, 4) is 22.8 Å². The van der Waals surface area contributed by atoms with Gasteiger partial charge >= 0.3 is 6.61 Å². The molecule has 0 aromatic carbocycles. The van der Waals surface area contributed by atoms with Crippen molar-refractivity contribution in [1.29, 1.82) is 0 Å². The second-order valence-corrected chi connectivity index (χ2v) is 4.70. The molecular formula is C13H11F2N5O3.